The molecule has 1 saturated heterocycles. The first-order valence-corrected chi connectivity index (χ1v) is 7.32. The van der Waals surface area contributed by atoms with Gasteiger partial charge in [0.15, 0.2) is 0 Å². The fraction of sp³-hybridized carbons (Fsp3) is 0.562. The number of amides is 1. The second-order valence-electron chi connectivity index (χ2n) is 5.59. The monoisotopic (exact) mass is 276 g/mol. The topological polar surface area (TPSA) is 55.6 Å². The van der Waals surface area contributed by atoms with E-state index in [4.69, 9.17) is 10.5 Å². The summed E-state index contributed by atoms with van der Waals surface area (Å²) in [7, 11) is 0. The van der Waals surface area contributed by atoms with Gasteiger partial charge < -0.3 is 15.4 Å². The van der Waals surface area contributed by atoms with E-state index in [2.05, 4.69) is 19.1 Å². The van der Waals surface area contributed by atoms with Gasteiger partial charge in [0.25, 0.3) is 0 Å². The van der Waals surface area contributed by atoms with Crippen molar-refractivity contribution in [3.8, 4) is 5.75 Å². The van der Waals surface area contributed by atoms with Crippen molar-refractivity contribution >= 4 is 5.91 Å². The average Bonchev–Trinajstić information content (AvgIpc) is 2.49. The molecule has 1 aliphatic rings. The Morgan fingerprint density at radius 3 is 2.50 bits per heavy atom. The quantitative estimate of drug-likeness (QED) is 0.914. The van der Waals surface area contributed by atoms with E-state index >= 15 is 0 Å². The first-order chi connectivity index (χ1) is 9.60. The molecule has 2 rings (SSSR count). The van der Waals surface area contributed by atoms with Crippen molar-refractivity contribution in [2.24, 2.45) is 11.7 Å². The summed E-state index contributed by atoms with van der Waals surface area (Å²) in [6.07, 6.45) is 1.98. The summed E-state index contributed by atoms with van der Waals surface area (Å²) in [5.41, 5.74) is 6.78. The average molecular weight is 276 g/mol. The molecule has 1 aromatic carbocycles. The molecular formula is C16H24N2O2. The SMILES string of the molecule is Cc1ccc(OC2CCN(C(=O)C(C)CN)CC2)cc1. The number of carbonyl (C=O) groups excluding carboxylic acids is 1. The van der Waals surface area contributed by atoms with Crippen molar-refractivity contribution in [3.63, 3.8) is 0 Å². The lowest BCUT2D eigenvalue weighted by Gasteiger charge is -2.33. The molecule has 0 spiro atoms. The molecule has 20 heavy (non-hydrogen) atoms. The first-order valence-electron chi connectivity index (χ1n) is 7.32. The standard InChI is InChI=1S/C16H24N2O2/c1-12-3-5-14(6-4-12)20-15-7-9-18(10-8-15)16(19)13(2)11-17/h3-6,13,15H,7-11,17H2,1-2H3. The number of hydrogen-bond donors (Lipinski definition) is 1. The highest BCUT2D eigenvalue weighted by Gasteiger charge is 2.26. The Morgan fingerprint density at radius 1 is 1.35 bits per heavy atom. The van der Waals surface area contributed by atoms with Gasteiger partial charge in [-0.05, 0) is 19.1 Å². The van der Waals surface area contributed by atoms with Gasteiger partial charge in [0.05, 0.1) is 0 Å². The lowest BCUT2D eigenvalue weighted by Crippen LogP contribution is -2.45. The third-order valence-electron chi connectivity index (χ3n) is 3.85. The highest BCUT2D eigenvalue weighted by atomic mass is 16.5. The van der Waals surface area contributed by atoms with Crippen LogP contribution >= 0.6 is 0 Å². The summed E-state index contributed by atoms with van der Waals surface area (Å²) >= 11 is 0. The molecule has 4 nitrogen and oxygen atoms in total. The fourth-order valence-electron chi connectivity index (χ4n) is 2.42. The maximum absolute atomic E-state index is 12.0. The van der Waals surface area contributed by atoms with Gasteiger partial charge in [-0.1, -0.05) is 24.6 Å². The Bertz CT molecular complexity index is 436. The zero-order valence-corrected chi connectivity index (χ0v) is 12.3. The van der Waals surface area contributed by atoms with Crippen molar-refractivity contribution in [2.45, 2.75) is 32.8 Å². The summed E-state index contributed by atoms with van der Waals surface area (Å²) in [6, 6.07) is 8.11. The van der Waals surface area contributed by atoms with Gasteiger partial charge in [-0.15, -0.1) is 0 Å². The molecular weight excluding hydrogens is 252 g/mol. The van der Waals surface area contributed by atoms with Crippen molar-refractivity contribution in [3.05, 3.63) is 29.8 Å². The second-order valence-corrected chi connectivity index (χ2v) is 5.59. The van der Waals surface area contributed by atoms with Crippen LogP contribution in [0.5, 0.6) is 5.75 Å². The number of likely N-dealkylation sites (tertiary alicyclic amines) is 1. The smallest absolute Gasteiger partial charge is 0.226 e. The molecule has 0 aliphatic carbocycles. The zero-order chi connectivity index (χ0) is 14.5. The second kappa shape index (κ2) is 6.75. The number of carbonyl (C=O) groups is 1. The third kappa shape index (κ3) is 3.73. The molecule has 1 aromatic rings. The fourth-order valence-corrected chi connectivity index (χ4v) is 2.42. The highest BCUT2D eigenvalue weighted by molar-refractivity contribution is 5.78. The van der Waals surface area contributed by atoms with Crippen LogP contribution < -0.4 is 10.5 Å². The van der Waals surface area contributed by atoms with Gasteiger partial charge in [0, 0.05) is 38.4 Å². The molecule has 1 atom stereocenters. The van der Waals surface area contributed by atoms with E-state index in [0.29, 0.717) is 6.54 Å². The van der Waals surface area contributed by atoms with Crippen LogP contribution in [0.4, 0.5) is 0 Å². The number of aryl methyl sites for hydroxylation is 1. The van der Waals surface area contributed by atoms with Crippen LogP contribution in [0.15, 0.2) is 24.3 Å². The Kier molecular flexibility index (Phi) is 5.01. The maximum atomic E-state index is 12.0. The highest BCUT2D eigenvalue weighted by Crippen LogP contribution is 2.20. The summed E-state index contributed by atoms with van der Waals surface area (Å²) in [5.74, 6) is 1.00. The van der Waals surface area contributed by atoms with Crippen LogP contribution in [0.2, 0.25) is 0 Å². The number of benzene rings is 1. The van der Waals surface area contributed by atoms with Crippen molar-refractivity contribution < 1.29 is 9.53 Å². The van der Waals surface area contributed by atoms with Crippen LogP contribution in [-0.4, -0.2) is 36.5 Å². The Labute approximate surface area is 120 Å². The molecule has 110 valence electrons. The van der Waals surface area contributed by atoms with Crippen molar-refractivity contribution in [1.29, 1.82) is 0 Å². The van der Waals surface area contributed by atoms with Gasteiger partial charge in [-0.3, -0.25) is 4.79 Å². The molecule has 4 heteroatoms. The predicted octanol–water partition coefficient (Wildman–Crippen LogP) is 1.96. The van der Waals surface area contributed by atoms with Crippen LogP contribution in [0.25, 0.3) is 0 Å². The molecule has 1 aliphatic heterocycles. The lowest BCUT2D eigenvalue weighted by atomic mass is 10.0. The van der Waals surface area contributed by atoms with E-state index < -0.39 is 0 Å². The number of rotatable bonds is 4. The Balaban J connectivity index is 1.82. The molecule has 1 amide bonds. The Hall–Kier alpha value is -1.55. The molecule has 0 aromatic heterocycles. The first kappa shape index (κ1) is 14.9. The molecule has 0 radical (unpaired) electrons. The zero-order valence-electron chi connectivity index (χ0n) is 12.3. The van der Waals surface area contributed by atoms with Crippen molar-refractivity contribution in [1.82, 2.24) is 4.90 Å². The van der Waals surface area contributed by atoms with E-state index in [1.54, 1.807) is 0 Å². The normalized spacial score (nSPS) is 17.9. The van der Waals surface area contributed by atoms with Crippen LogP contribution in [0.3, 0.4) is 0 Å². The molecule has 0 bridgehead atoms. The van der Waals surface area contributed by atoms with E-state index in [1.807, 2.05) is 24.0 Å². The molecule has 1 unspecified atom stereocenters. The summed E-state index contributed by atoms with van der Waals surface area (Å²) in [5, 5.41) is 0. The number of ether oxygens (including phenoxy) is 1. The van der Waals surface area contributed by atoms with E-state index in [1.165, 1.54) is 5.56 Å². The molecule has 1 heterocycles. The molecule has 0 saturated carbocycles. The largest absolute Gasteiger partial charge is 0.490 e. The van der Waals surface area contributed by atoms with Crippen LogP contribution in [0, 0.1) is 12.8 Å². The summed E-state index contributed by atoms with van der Waals surface area (Å²) in [4.78, 5) is 13.9. The summed E-state index contributed by atoms with van der Waals surface area (Å²) < 4.78 is 5.96. The van der Waals surface area contributed by atoms with Crippen LogP contribution in [0.1, 0.15) is 25.3 Å². The number of nitrogens with zero attached hydrogens (tertiary/aromatic N) is 1. The third-order valence-corrected chi connectivity index (χ3v) is 3.85. The molecule has 1 fully saturated rings. The predicted molar refractivity (Wildman–Crippen MR) is 79.6 cm³/mol. The van der Waals surface area contributed by atoms with Gasteiger partial charge in [0.1, 0.15) is 11.9 Å². The number of hydrogen-bond acceptors (Lipinski definition) is 3. The summed E-state index contributed by atoms with van der Waals surface area (Å²) in [6.45, 7) is 5.89. The lowest BCUT2D eigenvalue weighted by molar-refractivity contribution is -0.136. The number of piperidine rings is 1. The van der Waals surface area contributed by atoms with Gasteiger partial charge in [-0.2, -0.15) is 0 Å². The van der Waals surface area contributed by atoms with E-state index in [-0.39, 0.29) is 17.9 Å². The van der Waals surface area contributed by atoms with Gasteiger partial charge in [-0.25, -0.2) is 0 Å². The minimum absolute atomic E-state index is 0.0791. The van der Waals surface area contributed by atoms with Gasteiger partial charge in [0.2, 0.25) is 5.91 Å². The van der Waals surface area contributed by atoms with E-state index in [9.17, 15) is 4.79 Å². The van der Waals surface area contributed by atoms with Crippen molar-refractivity contribution in [2.75, 3.05) is 19.6 Å². The maximum Gasteiger partial charge on any atom is 0.226 e. The van der Waals surface area contributed by atoms with E-state index in [0.717, 1.165) is 31.7 Å². The minimum atomic E-state index is -0.0791. The molecule has 2 N–H and O–H groups in total. The van der Waals surface area contributed by atoms with Crippen LogP contribution in [-0.2, 0) is 4.79 Å². The number of nitrogens with two attached hydrogens (primary N) is 1. The Morgan fingerprint density at radius 2 is 1.95 bits per heavy atom. The minimum Gasteiger partial charge on any atom is -0.490 e. The van der Waals surface area contributed by atoms with Gasteiger partial charge >= 0.3 is 0 Å².